The smallest absolute Gasteiger partial charge is 0.227 e. The first-order valence-corrected chi connectivity index (χ1v) is 11.0. The van der Waals surface area contributed by atoms with Gasteiger partial charge in [0.1, 0.15) is 11.6 Å². The Morgan fingerprint density at radius 1 is 1.19 bits per heavy atom. The predicted octanol–water partition coefficient (Wildman–Crippen LogP) is 5.36. The lowest BCUT2D eigenvalue weighted by Gasteiger charge is -2.21. The summed E-state index contributed by atoms with van der Waals surface area (Å²) in [4.78, 5) is 29.1. The fraction of sp³-hybridized carbons (Fsp3) is 0.385. The van der Waals surface area contributed by atoms with Crippen LogP contribution in [0.15, 0.2) is 42.5 Å². The molecule has 0 saturated heterocycles. The van der Waals surface area contributed by atoms with Crippen molar-refractivity contribution >= 4 is 28.3 Å². The lowest BCUT2D eigenvalue weighted by molar-refractivity contribution is -0.123. The molecule has 0 radical (unpaired) electrons. The van der Waals surface area contributed by atoms with E-state index in [2.05, 4.69) is 24.1 Å². The van der Waals surface area contributed by atoms with Gasteiger partial charge in [0, 0.05) is 34.8 Å². The van der Waals surface area contributed by atoms with Crippen LogP contribution in [0.5, 0.6) is 0 Å². The zero-order valence-corrected chi connectivity index (χ0v) is 18.8. The van der Waals surface area contributed by atoms with Crippen LogP contribution in [0.3, 0.4) is 0 Å². The molecule has 1 heterocycles. The number of amides is 1. The minimum absolute atomic E-state index is 0.0732. The third-order valence-electron chi connectivity index (χ3n) is 6.33. The van der Waals surface area contributed by atoms with E-state index in [-0.39, 0.29) is 18.1 Å². The minimum Gasteiger partial charge on any atom is -0.384 e. The number of carbonyl (C=O) groups excluding carboxylic acids is 2. The Kier molecular flexibility index (Phi) is 5.67. The summed E-state index contributed by atoms with van der Waals surface area (Å²) in [6, 6.07) is 12.0. The Bertz CT molecular complexity index is 1170. The first-order valence-electron chi connectivity index (χ1n) is 11.0. The van der Waals surface area contributed by atoms with Crippen LogP contribution in [0, 0.1) is 11.7 Å². The molecule has 2 aromatic carbocycles. The molecule has 6 heteroatoms. The lowest BCUT2D eigenvalue weighted by atomic mass is 9.88. The third kappa shape index (κ3) is 4.19. The highest BCUT2D eigenvalue weighted by atomic mass is 19.1. The number of aromatic nitrogens is 1. The average Bonchev–Trinajstić information content (AvgIpc) is 3.28. The van der Waals surface area contributed by atoms with Crippen LogP contribution in [-0.4, -0.2) is 21.8 Å². The molecule has 0 spiro atoms. The van der Waals surface area contributed by atoms with Crippen molar-refractivity contribution in [3.05, 3.63) is 65.1 Å². The van der Waals surface area contributed by atoms with Crippen LogP contribution in [0.1, 0.15) is 69.2 Å². The van der Waals surface area contributed by atoms with Gasteiger partial charge >= 0.3 is 0 Å². The molecule has 0 aliphatic heterocycles. The van der Waals surface area contributed by atoms with Crippen LogP contribution in [0.4, 0.5) is 10.1 Å². The number of aromatic amines is 1. The van der Waals surface area contributed by atoms with Gasteiger partial charge < -0.3 is 15.4 Å². The molecule has 168 valence electrons. The van der Waals surface area contributed by atoms with Crippen LogP contribution in [0.25, 0.3) is 10.9 Å². The van der Waals surface area contributed by atoms with Crippen LogP contribution < -0.4 is 5.32 Å². The molecule has 1 amide bonds. The number of nitrogens with one attached hydrogen (secondary N) is 2. The summed E-state index contributed by atoms with van der Waals surface area (Å²) in [5, 5.41) is 14.2. The molecule has 3 aromatic rings. The van der Waals surface area contributed by atoms with E-state index in [4.69, 9.17) is 0 Å². The van der Waals surface area contributed by atoms with Gasteiger partial charge in [0.05, 0.1) is 11.3 Å². The fourth-order valence-corrected chi connectivity index (χ4v) is 4.59. The summed E-state index contributed by atoms with van der Waals surface area (Å²) >= 11 is 0. The Morgan fingerprint density at radius 3 is 2.50 bits per heavy atom. The Morgan fingerprint density at radius 2 is 1.88 bits per heavy atom. The number of benzene rings is 2. The first-order chi connectivity index (χ1) is 15.0. The van der Waals surface area contributed by atoms with Crippen LogP contribution in [-0.2, 0) is 15.2 Å². The SMILES string of the molecule is CC(C)c1ccc(NC(=O)C2CC(=O)C(c3c(C(C)(C)O)[nH]c4ccc(F)cc34)C2)cc1. The molecule has 0 bridgehead atoms. The Balaban J connectivity index is 1.60. The highest BCUT2D eigenvalue weighted by Gasteiger charge is 2.41. The predicted molar refractivity (Wildman–Crippen MR) is 123 cm³/mol. The highest BCUT2D eigenvalue weighted by Crippen LogP contribution is 2.43. The maximum Gasteiger partial charge on any atom is 0.227 e. The minimum atomic E-state index is -1.25. The number of anilines is 1. The maximum atomic E-state index is 14.0. The molecule has 32 heavy (non-hydrogen) atoms. The van der Waals surface area contributed by atoms with E-state index in [0.717, 1.165) is 0 Å². The summed E-state index contributed by atoms with van der Waals surface area (Å²) in [6.07, 6.45) is 0.440. The van der Waals surface area contributed by atoms with Crippen molar-refractivity contribution in [2.45, 2.75) is 58.0 Å². The normalized spacial score (nSPS) is 19.2. The zero-order chi connectivity index (χ0) is 23.2. The van der Waals surface area contributed by atoms with Gasteiger partial charge in [0.25, 0.3) is 0 Å². The summed E-state index contributed by atoms with van der Waals surface area (Å²) in [7, 11) is 0. The highest BCUT2D eigenvalue weighted by molar-refractivity contribution is 6.02. The molecule has 3 N–H and O–H groups in total. The number of hydrogen-bond donors (Lipinski definition) is 3. The van der Waals surface area contributed by atoms with E-state index in [9.17, 15) is 19.1 Å². The van der Waals surface area contributed by atoms with Gasteiger partial charge in [-0.3, -0.25) is 9.59 Å². The fourth-order valence-electron chi connectivity index (χ4n) is 4.59. The summed E-state index contributed by atoms with van der Waals surface area (Å²) in [5.41, 5.74) is 2.37. The van der Waals surface area contributed by atoms with Crippen molar-refractivity contribution in [1.82, 2.24) is 4.98 Å². The first kappa shape index (κ1) is 22.2. The molecule has 1 aliphatic carbocycles. The van der Waals surface area contributed by atoms with E-state index in [1.54, 1.807) is 19.9 Å². The van der Waals surface area contributed by atoms with E-state index >= 15 is 0 Å². The molecular weight excluding hydrogens is 407 g/mol. The lowest BCUT2D eigenvalue weighted by Crippen LogP contribution is -2.21. The van der Waals surface area contributed by atoms with Crippen molar-refractivity contribution in [3.8, 4) is 0 Å². The molecule has 1 saturated carbocycles. The Labute approximate surface area is 187 Å². The summed E-state index contributed by atoms with van der Waals surface area (Å²) in [6.45, 7) is 7.47. The topological polar surface area (TPSA) is 82.2 Å². The number of H-pyrrole nitrogens is 1. The van der Waals surface area contributed by atoms with Gasteiger partial charge in [-0.1, -0.05) is 26.0 Å². The standard InChI is InChI=1S/C26H29FN2O3/c1-14(2)15-5-8-18(9-6-15)28-25(31)16-11-20(22(30)12-16)23-19-13-17(27)7-10-21(19)29-24(23)26(3,4)32/h5-10,13-14,16,20,29,32H,11-12H2,1-4H3,(H,28,31). The number of fused-ring (bicyclic) bond motifs is 1. The van der Waals surface area contributed by atoms with Crippen molar-refractivity contribution < 1.29 is 19.1 Å². The zero-order valence-electron chi connectivity index (χ0n) is 18.8. The second kappa shape index (κ2) is 8.17. The quantitative estimate of drug-likeness (QED) is 0.504. The van der Waals surface area contributed by atoms with E-state index < -0.39 is 23.3 Å². The monoisotopic (exact) mass is 436 g/mol. The molecule has 5 nitrogen and oxygen atoms in total. The Hall–Kier alpha value is -2.99. The number of halogens is 1. The van der Waals surface area contributed by atoms with Gasteiger partial charge in [0.15, 0.2) is 0 Å². The molecule has 1 fully saturated rings. The summed E-state index contributed by atoms with van der Waals surface area (Å²) in [5.74, 6) is -1.34. The van der Waals surface area contributed by atoms with Crippen LogP contribution in [0.2, 0.25) is 0 Å². The molecule has 1 aliphatic rings. The third-order valence-corrected chi connectivity index (χ3v) is 6.33. The van der Waals surface area contributed by atoms with Gasteiger partial charge in [-0.2, -0.15) is 0 Å². The van der Waals surface area contributed by atoms with Crippen LogP contribution >= 0.6 is 0 Å². The number of rotatable bonds is 5. The second-order valence-electron chi connectivity index (χ2n) is 9.58. The molecule has 4 rings (SSSR count). The summed E-state index contributed by atoms with van der Waals surface area (Å²) < 4.78 is 14.0. The van der Waals surface area contributed by atoms with Crippen molar-refractivity contribution in [2.24, 2.45) is 5.92 Å². The van der Waals surface area contributed by atoms with Crippen molar-refractivity contribution in [3.63, 3.8) is 0 Å². The van der Waals surface area contributed by atoms with E-state index in [0.29, 0.717) is 40.2 Å². The van der Waals surface area contributed by atoms with Crippen molar-refractivity contribution in [2.75, 3.05) is 5.32 Å². The largest absolute Gasteiger partial charge is 0.384 e. The van der Waals surface area contributed by atoms with Gasteiger partial charge in [0.2, 0.25) is 5.91 Å². The number of hydrogen-bond acceptors (Lipinski definition) is 3. The number of carbonyl (C=O) groups is 2. The molecular formula is C26H29FN2O3. The number of aliphatic hydroxyl groups is 1. The number of ketones is 1. The van der Waals surface area contributed by atoms with Gasteiger partial charge in [-0.25, -0.2) is 4.39 Å². The number of Topliss-reactive ketones (excluding diaryl/α,β-unsaturated/α-hetero) is 1. The van der Waals surface area contributed by atoms with Crippen molar-refractivity contribution in [1.29, 1.82) is 0 Å². The van der Waals surface area contributed by atoms with E-state index in [1.807, 2.05) is 24.3 Å². The van der Waals surface area contributed by atoms with Gasteiger partial charge in [-0.05, 0) is 67.6 Å². The molecule has 2 unspecified atom stereocenters. The van der Waals surface area contributed by atoms with Gasteiger partial charge in [-0.15, -0.1) is 0 Å². The van der Waals surface area contributed by atoms with E-state index in [1.165, 1.54) is 17.7 Å². The average molecular weight is 437 g/mol. The molecule has 1 aromatic heterocycles. The molecule has 2 atom stereocenters. The maximum absolute atomic E-state index is 14.0. The second-order valence-corrected chi connectivity index (χ2v) is 9.58.